The number of benzene rings is 4. The highest BCUT2D eigenvalue weighted by molar-refractivity contribution is 6.04. The van der Waals surface area contributed by atoms with Crippen LogP contribution in [-0.2, 0) is 4.79 Å². The molecule has 0 spiro atoms. The van der Waals surface area contributed by atoms with Gasteiger partial charge in [0.15, 0.2) is 6.10 Å². The number of nitrogens with one attached hydrogen (secondary N) is 3. The number of hydrogen-bond acceptors (Lipinski definition) is 4. The fraction of sp³-hybridized carbons (Fsp3) is 0.0741. The Bertz CT molecular complexity index is 1320. The van der Waals surface area contributed by atoms with Crippen LogP contribution in [-0.4, -0.2) is 23.8 Å². The minimum absolute atomic E-state index is 0.245. The highest BCUT2D eigenvalue weighted by Crippen LogP contribution is 2.21. The second kappa shape index (κ2) is 10.3. The molecule has 0 heterocycles. The molecule has 7 nitrogen and oxygen atoms in total. The van der Waals surface area contributed by atoms with Crippen molar-refractivity contribution in [1.29, 1.82) is 0 Å². The highest BCUT2D eigenvalue weighted by Gasteiger charge is 2.16. The molecule has 4 aromatic carbocycles. The lowest BCUT2D eigenvalue weighted by molar-refractivity contribution is -0.128. The van der Waals surface area contributed by atoms with Crippen LogP contribution in [0.1, 0.15) is 27.6 Å². The Balaban J connectivity index is 1.28. The molecule has 0 bridgehead atoms. The third kappa shape index (κ3) is 5.58. The summed E-state index contributed by atoms with van der Waals surface area (Å²) < 4.78 is 5.71. The SMILES string of the molecule is CC(Oc1ccc2ccccc2c1)C(=O)NNC(=O)c1ccc(NC(=O)c2ccccc2)cc1. The second-order valence-electron chi connectivity index (χ2n) is 7.61. The molecule has 0 aliphatic carbocycles. The number of ether oxygens (including phenoxy) is 1. The minimum atomic E-state index is -0.822. The maximum absolute atomic E-state index is 12.4. The van der Waals surface area contributed by atoms with E-state index in [9.17, 15) is 14.4 Å². The maximum atomic E-state index is 12.4. The van der Waals surface area contributed by atoms with E-state index in [0.29, 0.717) is 22.6 Å². The average Bonchev–Trinajstić information content (AvgIpc) is 2.88. The van der Waals surface area contributed by atoms with E-state index in [1.54, 1.807) is 61.5 Å². The molecule has 170 valence electrons. The van der Waals surface area contributed by atoms with Gasteiger partial charge in [-0.05, 0) is 66.2 Å². The van der Waals surface area contributed by atoms with E-state index < -0.39 is 17.9 Å². The standard InChI is InChI=1S/C27H23N3O4/c1-18(34-24-16-13-19-7-5-6-10-22(19)17-24)25(31)29-30-27(33)21-11-14-23(15-12-21)28-26(32)20-8-3-2-4-9-20/h2-18H,1H3,(H,28,32)(H,29,31)(H,30,33). The van der Waals surface area contributed by atoms with Gasteiger partial charge in [-0.3, -0.25) is 25.2 Å². The van der Waals surface area contributed by atoms with Crippen LogP contribution in [0.15, 0.2) is 97.1 Å². The molecule has 0 saturated heterocycles. The number of anilines is 1. The summed E-state index contributed by atoms with van der Waals surface area (Å²) in [6.45, 7) is 1.60. The molecule has 0 aromatic heterocycles. The number of amides is 3. The summed E-state index contributed by atoms with van der Waals surface area (Å²) in [7, 11) is 0. The van der Waals surface area contributed by atoms with E-state index in [0.717, 1.165) is 10.8 Å². The fourth-order valence-corrected chi connectivity index (χ4v) is 3.29. The molecular formula is C27H23N3O4. The number of carbonyl (C=O) groups is 3. The van der Waals surface area contributed by atoms with Gasteiger partial charge in [-0.25, -0.2) is 0 Å². The number of hydrazine groups is 1. The first-order valence-electron chi connectivity index (χ1n) is 10.7. The molecule has 4 rings (SSSR count). The van der Waals surface area contributed by atoms with Crippen molar-refractivity contribution in [1.82, 2.24) is 10.9 Å². The Morgan fingerprint density at radius 2 is 1.32 bits per heavy atom. The Labute approximate surface area is 196 Å². The van der Waals surface area contributed by atoms with E-state index >= 15 is 0 Å². The first-order chi connectivity index (χ1) is 16.5. The summed E-state index contributed by atoms with van der Waals surface area (Å²) in [5, 5.41) is 4.84. The van der Waals surface area contributed by atoms with Gasteiger partial charge in [0.2, 0.25) is 0 Å². The molecule has 3 amide bonds. The summed E-state index contributed by atoms with van der Waals surface area (Å²) >= 11 is 0. The summed E-state index contributed by atoms with van der Waals surface area (Å²) in [5.74, 6) is -0.674. The Morgan fingerprint density at radius 1 is 0.676 bits per heavy atom. The minimum Gasteiger partial charge on any atom is -0.481 e. The zero-order valence-corrected chi connectivity index (χ0v) is 18.4. The van der Waals surface area contributed by atoms with Crippen molar-refractivity contribution in [3.63, 3.8) is 0 Å². The van der Waals surface area contributed by atoms with Crippen LogP contribution in [0, 0.1) is 0 Å². The number of fused-ring (bicyclic) bond motifs is 1. The number of rotatable bonds is 6. The van der Waals surface area contributed by atoms with Crippen LogP contribution in [0.4, 0.5) is 5.69 Å². The molecule has 34 heavy (non-hydrogen) atoms. The smallest absolute Gasteiger partial charge is 0.279 e. The predicted molar refractivity (Wildman–Crippen MR) is 130 cm³/mol. The van der Waals surface area contributed by atoms with Gasteiger partial charge in [0, 0.05) is 16.8 Å². The largest absolute Gasteiger partial charge is 0.481 e. The summed E-state index contributed by atoms with van der Waals surface area (Å²) in [5.41, 5.74) is 6.15. The van der Waals surface area contributed by atoms with Crippen molar-refractivity contribution in [3.8, 4) is 5.75 Å². The van der Waals surface area contributed by atoms with Crippen LogP contribution in [0.3, 0.4) is 0 Å². The van der Waals surface area contributed by atoms with Crippen molar-refractivity contribution in [2.24, 2.45) is 0 Å². The zero-order valence-electron chi connectivity index (χ0n) is 18.4. The lowest BCUT2D eigenvalue weighted by Gasteiger charge is -2.15. The molecule has 0 fully saturated rings. The summed E-state index contributed by atoms with van der Waals surface area (Å²) in [6, 6.07) is 28.6. The Kier molecular flexibility index (Phi) is 6.84. The van der Waals surface area contributed by atoms with E-state index in [-0.39, 0.29) is 5.91 Å². The van der Waals surface area contributed by atoms with Crippen LogP contribution in [0.2, 0.25) is 0 Å². The molecule has 0 saturated carbocycles. The average molecular weight is 453 g/mol. The van der Waals surface area contributed by atoms with Gasteiger partial charge in [0.05, 0.1) is 0 Å². The predicted octanol–water partition coefficient (Wildman–Crippen LogP) is 4.32. The van der Waals surface area contributed by atoms with Gasteiger partial charge < -0.3 is 10.1 Å². The van der Waals surface area contributed by atoms with Gasteiger partial charge >= 0.3 is 0 Å². The first-order valence-corrected chi connectivity index (χ1v) is 10.7. The first kappa shape index (κ1) is 22.5. The third-order valence-corrected chi connectivity index (χ3v) is 5.14. The Morgan fingerprint density at radius 3 is 2.06 bits per heavy atom. The summed E-state index contributed by atoms with van der Waals surface area (Å²) in [4.78, 5) is 37.0. The van der Waals surface area contributed by atoms with E-state index in [1.807, 2.05) is 42.5 Å². The van der Waals surface area contributed by atoms with Crippen LogP contribution in [0.25, 0.3) is 10.8 Å². The third-order valence-electron chi connectivity index (χ3n) is 5.14. The van der Waals surface area contributed by atoms with Crippen LogP contribution < -0.4 is 20.9 Å². The van der Waals surface area contributed by atoms with Gasteiger partial charge in [-0.15, -0.1) is 0 Å². The van der Waals surface area contributed by atoms with Gasteiger partial charge in [0.1, 0.15) is 5.75 Å². The fourth-order valence-electron chi connectivity index (χ4n) is 3.29. The van der Waals surface area contributed by atoms with Crippen molar-refractivity contribution in [2.45, 2.75) is 13.0 Å². The zero-order chi connectivity index (χ0) is 23.9. The topological polar surface area (TPSA) is 96.5 Å². The molecule has 1 atom stereocenters. The number of carbonyl (C=O) groups excluding carboxylic acids is 3. The van der Waals surface area contributed by atoms with E-state index in [4.69, 9.17) is 4.74 Å². The van der Waals surface area contributed by atoms with Crippen LogP contribution >= 0.6 is 0 Å². The molecule has 4 aromatic rings. The lowest BCUT2D eigenvalue weighted by atomic mass is 10.1. The normalized spacial score (nSPS) is 11.3. The quantitative estimate of drug-likeness (QED) is 0.379. The highest BCUT2D eigenvalue weighted by atomic mass is 16.5. The molecule has 3 N–H and O–H groups in total. The lowest BCUT2D eigenvalue weighted by Crippen LogP contribution is -2.47. The van der Waals surface area contributed by atoms with E-state index in [2.05, 4.69) is 16.2 Å². The molecule has 0 radical (unpaired) electrons. The van der Waals surface area contributed by atoms with Crippen molar-refractivity contribution < 1.29 is 19.1 Å². The van der Waals surface area contributed by atoms with Crippen LogP contribution in [0.5, 0.6) is 5.75 Å². The van der Waals surface area contributed by atoms with Crippen molar-refractivity contribution in [3.05, 3.63) is 108 Å². The van der Waals surface area contributed by atoms with Gasteiger partial charge in [-0.2, -0.15) is 0 Å². The molecule has 1 unspecified atom stereocenters. The number of hydrogen-bond donors (Lipinski definition) is 3. The summed E-state index contributed by atoms with van der Waals surface area (Å²) in [6.07, 6.45) is -0.822. The van der Waals surface area contributed by atoms with Gasteiger partial charge in [-0.1, -0.05) is 48.5 Å². The molecular weight excluding hydrogens is 430 g/mol. The Hall–Kier alpha value is -4.65. The molecule has 7 heteroatoms. The maximum Gasteiger partial charge on any atom is 0.279 e. The van der Waals surface area contributed by atoms with Crippen molar-refractivity contribution in [2.75, 3.05) is 5.32 Å². The van der Waals surface area contributed by atoms with Crippen molar-refractivity contribution >= 4 is 34.2 Å². The monoisotopic (exact) mass is 453 g/mol. The van der Waals surface area contributed by atoms with Gasteiger partial charge in [0.25, 0.3) is 17.7 Å². The molecule has 0 aliphatic rings. The molecule has 0 aliphatic heterocycles. The second-order valence-corrected chi connectivity index (χ2v) is 7.61. The van der Waals surface area contributed by atoms with E-state index in [1.165, 1.54) is 0 Å².